The molecule has 9 nitrogen and oxygen atoms in total. The number of hydrogen-bond acceptors (Lipinski definition) is 6. The number of rotatable bonds is 14. The van der Waals surface area contributed by atoms with Gasteiger partial charge in [-0.15, -0.1) is 0 Å². The second-order valence-electron chi connectivity index (χ2n) is 9.09. The van der Waals surface area contributed by atoms with Crippen LogP contribution in [0, 0.1) is 0 Å². The molecular weight excluding hydrogens is 530 g/mol. The Morgan fingerprint density at radius 2 is 1.52 bits per heavy atom. The Morgan fingerprint density at radius 1 is 0.900 bits per heavy atom. The van der Waals surface area contributed by atoms with E-state index in [1.807, 2.05) is 13.8 Å². The average molecular weight is 568 g/mol. The Morgan fingerprint density at radius 3 is 2.10 bits per heavy atom. The van der Waals surface area contributed by atoms with Crippen LogP contribution >= 0.6 is 0 Å². The van der Waals surface area contributed by atoms with E-state index in [0.717, 1.165) is 16.3 Å². The number of ether oxygens (including phenoxy) is 2. The number of nitrogens with zero attached hydrogens (tertiary/aromatic N) is 2. The summed E-state index contributed by atoms with van der Waals surface area (Å²) in [5.41, 5.74) is 1.10. The predicted octanol–water partition coefficient (Wildman–Crippen LogP) is 4.23. The molecule has 0 saturated heterocycles. The molecule has 2 amide bonds. The SMILES string of the molecule is CCCNC(=O)C(C)N(Cc1ccc(OC)cc1)C(=O)CN(c1ccccc1)S(=O)(=O)c1ccc(OCC)cc1. The van der Waals surface area contributed by atoms with Crippen LogP contribution in [-0.2, 0) is 26.2 Å². The Kier molecular flexibility index (Phi) is 11.0. The first-order chi connectivity index (χ1) is 19.2. The van der Waals surface area contributed by atoms with Crippen molar-refractivity contribution in [2.24, 2.45) is 0 Å². The lowest BCUT2D eigenvalue weighted by molar-refractivity contribution is -0.139. The highest BCUT2D eigenvalue weighted by Crippen LogP contribution is 2.26. The number of methoxy groups -OCH3 is 1. The number of sulfonamides is 1. The van der Waals surface area contributed by atoms with Crippen molar-refractivity contribution in [1.82, 2.24) is 10.2 Å². The van der Waals surface area contributed by atoms with Crippen molar-refractivity contribution in [2.45, 2.75) is 44.7 Å². The zero-order valence-electron chi connectivity index (χ0n) is 23.4. The van der Waals surface area contributed by atoms with Gasteiger partial charge < -0.3 is 19.7 Å². The number of benzene rings is 3. The third-order valence-electron chi connectivity index (χ3n) is 6.27. The summed E-state index contributed by atoms with van der Waals surface area (Å²) in [6.45, 7) is 5.95. The summed E-state index contributed by atoms with van der Waals surface area (Å²) >= 11 is 0. The van der Waals surface area contributed by atoms with Gasteiger partial charge in [-0.05, 0) is 74.4 Å². The molecule has 0 bridgehead atoms. The highest BCUT2D eigenvalue weighted by molar-refractivity contribution is 7.92. The van der Waals surface area contributed by atoms with E-state index in [1.54, 1.807) is 80.8 Å². The lowest BCUT2D eigenvalue weighted by Gasteiger charge is -2.32. The smallest absolute Gasteiger partial charge is 0.264 e. The van der Waals surface area contributed by atoms with Gasteiger partial charge in [0.2, 0.25) is 11.8 Å². The van der Waals surface area contributed by atoms with Crippen LogP contribution < -0.4 is 19.1 Å². The molecule has 3 rings (SSSR count). The lowest BCUT2D eigenvalue weighted by atomic mass is 10.1. The first-order valence-electron chi connectivity index (χ1n) is 13.2. The fourth-order valence-corrected chi connectivity index (χ4v) is 5.45. The molecule has 0 heterocycles. The number of anilines is 1. The van der Waals surface area contributed by atoms with Crippen molar-refractivity contribution in [1.29, 1.82) is 0 Å². The monoisotopic (exact) mass is 567 g/mol. The van der Waals surface area contributed by atoms with Crippen LogP contribution in [0.3, 0.4) is 0 Å². The molecule has 214 valence electrons. The van der Waals surface area contributed by atoms with Crippen LogP contribution in [0.4, 0.5) is 5.69 Å². The molecule has 0 aliphatic rings. The molecule has 3 aromatic rings. The summed E-state index contributed by atoms with van der Waals surface area (Å²) in [5, 5.41) is 2.83. The predicted molar refractivity (Wildman–Crippen MR) is 155 cm³/mol. The van der Waals surface area contributed by atoms with E-state index >= 15 is 0 Å². The van der Waals surface area contributed by atoms with Crippen molar-refractivity contribution in [3.8, 4) is 11.5 Å². The fraction of sp³-hybridized carbons (Fsp3) is 0.333. The van der Waals surface area contributed by atoms with Crippen LogP contribution in [0.1, 0.15) is 32.8 Å². The molecule has 1 N–H and O–H groups in total. The summed E-state index contributed by atoms with van der Waals surface area (Å²) in [7, 11) is -2.58. The number of nitrogens with one attached hydrogen (secondary N) is 1. The summed E-state index contributed by atoms with van der Waals surface area (Å²) in [5.74, 6) is 0.367. The highest BCUT2D eigenvalue weighted by Gasteiger charge is 2.32. The van der Waals surface area contributed by atoms with E-state index < -0.39 is 28.5 Å². The van der Waals surface area contributed by atoms with Gasteiger partial charge in [-0.1, -0.05) is 37.3 Å². The maximum Gasteiger partial charge on any atom is 0.264 e. The van der Waals surface area contributed by atoms with Crippen molar-refractivity contribution in [2.75, 3.05) is 31.1 Å². The van der Waals surface area contributed by atoms with Crippen molar-refractivity contribution < 1.29 is 27.5 Å². The van der Waals surface area contributed by atoms with Crippen LogP contribution in [0.15, 0.2) is 83.8 Å². The van der Waals surface area contributed by atoms with Gasteiger partial charge in [0.25, 0.3) is 10.0 Å². The third-order valence-corrected chi connectivity index (χ3v) is 8.06. The molecule has 1 unspecified atom stereocenters. The van der Waals surface area contributed by atoms with Gasteiger partial charge in [0, 0.05) is 13.1 Å². The van der Waals surface area contributed by atoms with Crippen molar-refractivity contribution in [3.63, 3.8) is 0 Å². The molecule has 40 heavy (non-hydrogen) atoms. The van der Waals surface area contributed by atoms with Crippen LogP contribution in [0.25, 0.3) is 0 Å². The van der Waals surface area contributed by atoms with Gasteiger partial charge in [-0.25, -0.2) is 8.42 Å². The molecule has 1 atom stereocenters. The Balaban J connectivity index is 1.97. The number of para-hydroxylation sites is 1. The van der Waals surface area contributed by atoms with Crippen LogP contribution in [-0.4, -0.2) is 58.0 Å². The summed E-state index contributed by atoms with van der Waals surface area (Å²) in [6, 6.07) is 20.8. The molecule has 0 saturated carbocycles. The van der Waals surface area contributed by atoms with E-state index in [9.17, 15) is 18.0 Å². The minimum atomic E-state index is -4.14. The molecule has 0 aliphatic carbocycles. The van der Waals surface area contributed by atoms with E-state index in [1.165, 1.54) is 17.0 Å². The lowest BCUT2D eigenvalue weighted by Crippen LogP contribution is -2.51. The van der Waals surface area contributed by atoms with Gasteiger partial charge in [-0.3, -0.25) is 13.9 Å². The Labute approximate surface area is 236 Å². The van der Waals surface area contributed by atoms with Gasteiger partial charge in [0.15, 0.2) is 0 Å². The van der Waals surface area contributed by atoms with Crippen LogP contribution in [0.5, 0.6) is 11.5 Å². The van der Waals surface area contributed by atoms with E-state index in [-0.39, 0.29) is 17.3 Å². The molecule has 10 heteroatoms. The van der Waals surface area contributed by atoms with E-state index in [0.29, 0.717) is 30.3 Å². The Hall–Kier alpha value is -4.05. The number of amides is 2. The minimum absolute atomic E-state index is 0.0167. The van der Waals surface area contributed by atoms with Gasteiger partial charge >= 0.3 is 0 Å². The first kappa shape index (κ1) is 30.5. The van der Waals surface area contributed by atoms with Crippen LogP contribution in [0.2, 0.25) is 0 Å². The Bertz CT molecular complexity index is 1350. The normalized spacial score (nSPS) is 11.8. The number of carbonyl (C=O) groups is 2. The molecule has 3 aromatic carbocycles. The molecular formula is C30H37N3O6S. The quantitative estimate of drug-likeness (QED) is 0.313. The minimum Gasteiger partial charge on any atom is -0.497 e. The largest absolute Gasteiger partial charge is 0.497 e. The van der Waals surface area contributed by atoms with Crippen molar-refractivity contribution >= 4 is 27.5 Å². The van der Waals surface area contributed by atoms with Gasteiger partial charge in [-0.2, -0.15) is 0 Å². The third kappa shape index (κ3) is 7.75. The molecule has 0 fully saturated rings. The summed E-state index contributed by atoms with van der Waals surface area (Å²) < 4.78 is 39.5. The highest BCUT2D eigenvalue weighted by atomic mass is 32.2. The zero-order valence-corrected chi connectivity index (χ0v) is 24.2. The fourth-order valence-electron chi connectivity index (χ4n) is 4.03. The average Bonchev–Trinajstić information content (AvgIpc) is 2.98. The van der Waals surface area contributed by atoms with Gasteiger partial charge in [0.1, 0.15) is 24.1 Å². The van der Waals surface area contributed by atoms with Crippen molar-refractivity contribution in [3.05, 3.63) is 84.4 Å². The van der Waals surface area contributed by atoms with Gasteiger partial charge in [0.05, 0.1) is 24.3 Å². The molecule has 0 spiro atoms. The second-order valence-corrected chi connectivity index (χ2v) is 11.0. The second kappa shape index (κ2) is 14.4. The summed E-state index contributed by atoms with van der Waals surface area (Å²) in [4.78, 5) is 28.2. The maximum absolute atomic E-state index is 13.9. The number of carbonyl (C=O) groups excluding carboxylic acids is 2. The maximum atomic E-state index is 13.9. The molecule has 0 aromatic heterocycles. The molecule has 0 aliphatic heterocycles. The summed E-state index contributed by atoms with van der Waals surface area (Å²) in [6.07, 6.45) is 0.743. The zero-order chi connectivity index (χ0) is 29.1. The topological polar surface area (TPSA) is 105 Å². The van der Waals surface area contributed by atoms with E-state index in [4.69, 9.17) is 9.47 Å². The van der Waals surface area contributed by atoms with E-state index in [2.05, 4.69) is 5.32 Å². The standard InChI is InChI=1S/C30H37N3O6S/c1-5-20-31-30(35)23(3)32(21-24-12-14-26(38-4)15-13-24)29(34)22-33(25-10-8-7-9-11-25)40(36,37)28-18-16-27(17-19-28)39-6-2/h7-19,23H,5-6,20-22H2,1-4H3,(H,31,35). The molecule has 0 radical (unpaired) electrons. The first-order valence-corrected chi connectivity index (χ1v) is 14.7. The number of hydrogen-bond donors (Lipinski definition) is 1.